The molecule has 0 saturated carbocycles. The van der Waals surface area contributed by atoms with E-state index in [9.17, 15) is 22.8 Å². The van der Waals surface area contributed by atoms with Crippen molar-refractivity contribution in [2.75, 3.05) is 49.6 Å². The minimum Gasteiger partial charge on any atom is -0.375 e. The zero-order chi connectivity index (χ0) is 34.5. The summed E-state index contributed by atoms with van der Waals surface area (Å²) >= 11 is 0. The van der Waals surface area contributed by atoms with E-state index in [0.29, 0.717) is 49.5 Å². The van der Waals surface area contributed by atoms with Gasteiger partial charge in [0.15, 0.2) is 0 Å². The Hall–Kier alpha value is -4.26. The number of carbonyl (C=O) groups excluding carboxylic acids is 1. The number of alkyl halides is 3. The van der Waals surface area contributed by atoms with Gasteiger partial charge in [0, 0.05) is 53.5 Å². The molecular formula is C33H40F3N7O4Si. The Balaban J connectivity index is 1.22. The first kappa shape index (κ1) is 35.1. The number of aromatic nitrogens is 3. The zero-order valence-corrected chi connectivity index (χ0v) is 28.3. The molecule has 0 radical (unpaired) electrons. The van der Waals surface area contributed by atoms with E-state index < -0.39 is 43.2 Å². The number of amides is 1. The standard InChI is InChI=1S/C33H40F3N7O4Si/c1-48(2,3)17-16-46-22-43-32(45)30(33(34,35)36)26(21-39-43)40-31-25-7-5-4-6-24(25)18-27(31)47-15-10-29(44)42-13-11-41(12-14-42)28-9-8-23(19-37)20-38-28/h4-9,20-21,27,31,40H,10-18,22H2,1-3H3/t27-,31-/m1/s1. The fourth-order valence-corrected chi connectivity index (χ4v) is 6.58. The number of benzene rings is 1. The topological polar surface area (TPSA) is 126 Å². The third kappa shape index (κ3) is 8.60. The summed E-state index contributed by atoms with van der Waals surface area (Å²) < 4.78 is 55.3. The van der Waals surface area contributed by atoms with E-state index in [1.54, 1.807) is 23.1 Å². The minimum atomic E-state index is -4.94. The molecule has 0 bridgehead atoms. The normalized spacial score (nSPS) is 18.0. The van der Waals surface area contributed by atoms with E-state index >= 15 is 0 Å². The van der Waals surface area contributed by atoms with Crippen LogP contribution in [-0.4, -0.2) is 79.1 Å². The molecule has 1 aliphatic carbocycles. The van der Waals surface area contributed by atoms with Gasteiger partial charge in [0.1, 0.15) is 24.2 Å². The van der Waals surface area contributed by atoms with Crippen LogP contribution in [0.15, 0.2) is 53.6 Å². The van der Waals surface area contributed by atoms with Crippen molar-refractivity contribution in [2.24, 2.45) is 0 Å². The molecule has 0 unspecified atom stereocenters. The van der Waals surface area contributed by atoms with Gasteiger partial charge < -0.3 is 24.6 Å². The maximum Gasteiger partial charge on any atom is 0.423 e. The molecular weight excluding hydrogens is 643 g/mol. The van der Waals surface area contributed by atoms with E-state index in [2.05, 4.69) is 39.9 Å². The number of halogens is 3. The van der Waals surface area contributed by atoms with Gasteiger partial charge in [-0.25, -0.2) is 9.67 Å². The zero-order valence-electron chi connectivity index (χ0n) is 27.3. The van der Waals surface area contributed by atoms with E-state index in [0.717, 1.165) is 29.2 Å². The maximum atomic E-state index is 14.3. The summed E-state index contributed by atoms with van der Waals surface area (Å²) in [4.78, 5) is 34.2. The van der Waals surface area contributed by atoms with E-state index in [-0.39, 0.29) is 25.7 Å². The van der Waals surface area contributed by atoms with E-state index in [1.165, 1.54) is 6.20 Å². The monoisotopic (exact) mass is 683 g/mol. The number of ether oxygens (including phenoxy) is 2. The van der Waals surface area contributed by atoms with Crippen molar-refractivity contribution in [1.29, 1.82) is 5.26 Å². The molecule has 2 aliphatic rings. The lowest BCUT2D eigenvalue weighted by molar-refractivity contribution is -0.139. The fraction of sp³-hybridized carbons (Fsp3) is 0.485. The number of anilines is 2. The van der Waals surface area contributed by atoms with Crippen molar-refractivity contribution < 1.29 is 27.4 Å². The third-order valence-corrected chi connectivity index (χ3v) is 10.2. The van der Waals surface area contributed by atoms with Crippen LogP contribution in [0.2, 0.25) is 25.7 Å². The van der Waals surface area contributed by atoms with Crippen molar-refractivity contribution in [3.05, 3.63) is 81.4 Å². The van der Waals surface area contributed by atoms with Gasteiger partial charge in [-0.2, -0.15) is 23.5 Å². The van der Waals surface area contributed by atoms with Gasteiger partial charge >= 0.3 is 6.18 Å². The number of nitriles is 1. The van der Waals surface area contributed by atoms with Crippen molar-refractivity contribution in [1.82, 2.24) is 19.7 Å². The van der Waals surface area contributed by atoms with Gasteiger partial charge in [-0.1, -0.05) is 43.9 Å². The van der Waals surface area contributed by atoms with Gasteiger partial charge in [0.2, 0.25) is 5.91 Å². The number of nitrogens with one attached hydrogen (secondary N) is 1. The number of rotatable bonds is 12. The Kier molecular flexibility index (Phi) is 10.9. The summed E-state index contributed by atoms with van der Waals surface area (Å²) in [7, 11) is -1.42. The third-order valence-electron chi connectivity index (χ3n) is 8.51. The predicted molar refractivity (Wildman–Crippen MR) is 176 cm³/mol. The summed E-state index contributed by atoms with van der Waals surface area (Å²) in [5, 5.41) is 15.9. The van der Waals surface area contributed by atoms with Crippen molar-refractivity contribution >= 4 is 25.5 Å². The van der Waals surface area contributed by atoms with Crippen molar-refractivity contribution in [3.63, 3.8) is 0 Å². The fourth-order valence-electron chi connectivity index (χ4n) is 5.83. The highest BCUT2D eigenvalue weighted by atomic mass is 28.3. The largest absolute Gasteiger partial charge is 0.423 e. The Labute approximate surface area is 278 Å². The van der Waals surface area contributed by atoms with Gasteiger partial charge in [-0.15, -0.1) is 0 Å². The summed E-state index contributed by atoms with van der Waals surface area (Å²) in [6.45, 7) is 8.68. The molecule has 1 fully saturated rings. The van der Waals surface area contributed by atoms with Gasteiger partial charge in [-0.05, 0) is 29.3 Å². The van der Waals surface area contributed by atoms with Crippen molar-refractivity contribution in [3.8, 4) is 6.07 Å². The number of nitrogens with zero attached hydrogens (tertiary/aromatic N) is 6. The molecule has 48 heavy (non-hydrogen) atoms. The molecule has 15 heteroatoms. The van der Waals surface area contributed by atoms with Crippen LogP contribution in [0.3, 0.4) is 0 Å². The molecule has 256 valence electrons. The highest BCUT2D eigenvalue weighted by Crippen LogP contribution is 2.39. The average molecular weight is 684 g/mol. The van der Waals surface area contributed by atoms with Crippen LogP contribution >= 0.6 is 0 Å². The van der Waals surface area contributed by atoms with Crippen molar-refractivity contribution in [2.45, 2.75) is 63.6 Å². The quantitative estimate of drug-likeness (QED) is 0.214. The molecule has 1 saturated heterocycles. The van der Waals surface area contributed by atoms with Crippen LogP contribution in [0.5, 0.6) is 0 Å². The summed E-state index contributed by atoms with van der Waals surface area (Å²) in [6.07, 6.45) is -2.45. The second-order valence-electron chi connectivity index (χ2n) is 13.2. The summed E-state index contributed by atoms with van der Waals surface area (Å²) in [5.74, 6) is 0.664. The lowest BCUT2D eigenvalue weighted by atomic mass is 10.1. The maximum absolute atomic E-state index is 14.3. The molecule has 2 atom stereocenters. The molecule has 1 N–H and O–H groups in total. The predicted octanol–water partition coefficient (Wildman–Crippen LogP) is 4.67. The molecule has 2 aromatic heterocycles. The van der Waals surface area contributed by atoms with E-state index in [1.807, 2.05) is 24.3 Å². The van der Waals surface area contributed by atoms with Crippen LogP contribution in [-0.2, 0) is 33.6 Å². The molecule has 0 spiro atoms. The first-order valence-electron chi connectivity index (χ1n) is 15.9. The molecule has 11 nitrogen and oxygen atoms in total. The SMILES string of the molecule is C[Si](C)(C)CCOCn1ncc(N[C@@H]2c3ccccc3C[C@H]2OCCC(=O)N2CCN(c3ccc(C#N)cn3)CC2)c(C(F)(F)F)c1=O. The van der Waals surface area contributed by atoms with Crippen LogP contribution in [0.1, 0.15) is 34.7 Å². The van der Waals surface area contributed by atoms with Gasteiger partial charge in [0.05, 0.1) is 42.6 Å². The molecule has 3 aromatic rings. The van der Waals surface area contributed by atoms with Crippen LogP contribution < -0.4 is 15.8 Å². The Morgan fingerprint density at radius 2 is 1.83 bits per heavy atom. The number of fused-ring (bicyclic) bond motifs is 1. The van der Waals surface area contributed by atoms with Gasteiger partial charge in [0.25, 0.3) is 5.56 Å². The number of hydrogen-bond donors (Lipinski definition) is 1. The van der Waals surface area contributed by atoms with Crippen LogP contribution in [0.25, 0.3) is 0 Å². The summed E-state index contributed by atoms with van der Waals surface area (Å²) in [6, 6.07) is 13.0. The minimum absolute atomic E-state index is 0.0772. The number of piperazine rings is 1. The highest BCUT2D eigenvalue weighted by molar-refractivity contribution is 6.76. The second kappa shape index (κ2) is 14.9. The average Bonchev–Trinajstić information content (AvgIpc) is 3.39. The van der Waals surface area contributed by atoms with Crippen LogP contribution in [0.4, 0.5) is 24.7 Å². The molecule has 1 aliphatic heterocycles. The Morgan fingerprint density at radius 1 is 1.08 bits per heavy atom. The smallest absolute Gasteiger partial charge is 0.375 e. The lowest BCUT2D eigenvalue weighted by Crippen LogP contribution is -2.49. The Morgan fingerprint density at radius 3 is 2.50 bits per heavy atom. The summed E-state index contributed by atoms with van der Waals surface area (Å²) in [5.41, 5.74) is -0.928. The first-order chi connectivity index (χ1) is 22.8. The molecule has 3 heterocycles. The van der Waals surface area contributed by atoms with Crippen LogP contribution in [0, 0.1) is 11.3 Å². The molecule has 1 amide bonds. The van der Waals surface area contributed by atoms with E-state index in [4.69, 9.17) is 14.7 Å². The number of pyridine rings is 1. The van der Waals surface area contributed by atoms with Gasteiger partial charge in [-0.3, -0.25) is 9.59 Å². The Bertz CT molecular complexity index is 1680. The highest BCUT2D eigenvalue weighted by Gasteiger charge is 2.41. The second-order valence-corrected chi connectivity index (χ2v) is 18.8. The number of hydrogen-bond acceptors (Lipinski definition) is 9. The molecule has 1 aromatic carbocycles. The lowest BCUT2D eigenvalue weighted by Gasteiger charge is -2.35. The first-order valence-corrected chi connectivity index (χ1v) is 19.6. The molecule has 5 rings (SSSR count). The number of carbonyl (C=O) groups is 1.